The lowest BCUT2D eigenvalue weighted by Crippen LogP contribution is -2.06. The number of ether oxygens (including phenoxy) is 1. The molecule has 7 heteroatoms. The van der Waals surface area contributed by atoms with Gasteiger partial charge in [-0.1, -0.05) is 0 Å². The van der Waals surface area contributed by atoms with E-state index in [1.165, 1.54) is 0 Å². The number of rotatable bonds is 5. The second-order valence-electron chi connectivity index (χ2n) is 7.01. The van der Waals surface area contributed by atoms with Gasteiger partial charge in [-0.3, -0.25) is 4.68 Å². The molecule has 1 aliphatic carbocycles. The van der Waals surface area contributed by atoms with E-state index in [9.17, 15) is 0 Å². The Morgan fingerprint density at radius 1 is 1.23 bits per heavy atom. The molecule has 0 spiro atoms. The van der Waals surface area contributed by atoms with Gasteiger partial charge in [0.05, 0.1) is 23.6 Å². The van der Waals surface area contributed by atoms with Gasteiger partial charge in [-0.25, -0.2) is 9.97 Å². The number of aromatic nitrogens is 5. The van der Waals surface area contributed by atoms with Gasteiger partial charge in [-0.15, -0.1) is 0 Å². The lowest BCUT2D eigenvalue weighted by atomic mass is 10.1. The molecular weight excluding hydrogens is 330 g/mol. The molecule has 7 nitrogen and oxygen atoms in total. The molecule has 1 fully saturated rings. The summed E-state index contributed by atoms with van der Waals surface area (Å²) in [6.07, 6.45) is 4.65. The molecule has 3 aromatic rings. The summed E-state index contributed by atoms with van der Waals surface area (Å²) in [5, 5.41) is 4.50. The van der Waals surface area contributed by atoms with Crippen molar-refractivity contribution >= 4 is 0 Å². The van der Waals surface area contributed by atoms with Crippen LogP contribution in [0.5, 0.6) is 5.88 Å². The van der Waals surface area contributed by atoms with Crippen molar-refractivity contribution in [2.45, 2.75) is 40.0 Å². The first kappa shape index (κ1) is 16.8. The molecule has 0 amide bonds. The molecule has 0 aromatic carbocycles. The quantitative estimate of drug-likeness (QED) is 0.700. The fraction of sp³-hybridized carbons (Fsp3) is 0.474. The van der Waals surface area contributed by atoms with Crippen molar-refractivity contribution < 1.29 is 9.15 Å². The maximum absolute atomic E-state index is 6.13. The summed E-state index contributed by atoms with van der Waals surface area (Å²) < 4.78 is 13.3. The van der Waals surface area contributed by atoms with E-state index in [1.54, 1.807) is 6.26 Å². The Kier molecular flexibility index (Phi) is 4.01. The Balaban J connectivity index is 1.55. The van der Waals surface area contributed by atoms with Crippen LogP contribution >= 0.6 is 0 Å². The molecule has 0 aliphatic heterocycles. The van der Waals surface area contributed by atoms with Crippen molar-refractivity contribution in [3.8, 4) is 17.0 Å². The van der Waals surface area contributed by atoms with E-state index >= 15 is 0 Å². The molecule has 2 unspecified atom stereocenters. The molecule has 0 radical (unpaired) electrons. The molecule has 136 valence electrons. The highest BCUT2D eigenvalue weighted by Gasteiger charge is 2.41. The average Bonchev–Trinajstić information content (AvgIpc) is 3.17. The number of hydrogen-bond acceptors (Lipinski definition) is 6. The molecule has 0 N–H and O–H groups in total. The molecule has 4 rings (SSSR count). The van der Waals surface area contributed by atoms with Crippen LogP contribution in [0.2, 0.25) is 0 Å². The Morgan fingerprint density at radius 2 is 2.04 bits per heavy atom. The van der Waals surface area contributed by atoms with Crippen LogP contribution in [-0.4, -0.2) is 31.3 Å². The summed E-state index contributed by atoms with van der Waals surface area (Å²) in [5.41, 5.74) is 4.98. The number of oxazole rings is 1. The van der Waals surface area contributed by atoms with Crippen LogP contribution in [-0.2, 0) is 7.05 Å². The van der Waals surface area contributed by atoms with E-state index in [0.29, 0.717) is 36.0 Å². The first-order chi connectivity index (χ1) is 12.4. The van der Waals surface area contributed by atoms with Gasteiger partial charge in [-0.05, 0) is 27.2 Å². The fourth-order valence-electron chi connectivity index (χ4n) is 3.42. The van der Waals surface area contributed by atoms with Crippen molar-refractivity contribution in [3.05, 3.63) is 41.3 Å². The van der Waals surface area contributed by atoms with Gasteiger partial charge in [0, 0.05) is 43.3 Å². The van der Waals surface area contributed by atoms with Crippen LogP contribution in [0.3, 0.4) is 0 Å². The normalized spacial score (nSPS) is 19.0. The van der Waals surface area contributed by atoms with E-state index < -0.39 is 0 Å². The van der Waals surface area contributed by atoms with Gasteiger partial charge >= 0.3 is 0 Å². The third-order valence-electron chi connectivity index (χ3n) is 5.03. The zero-order chi connectivity index (χ0) is 18.4. The van der Waals surface area contributed by atoms with Crippen molar-refractivity contribution in [2.75, 3.05) is 6.61 Å². The fourth-order valence-corrected chi connectivity index (χ4v) is 3.42. The lowest BCUT2D eigenvalue weighted by Gasteiger charge is -2.11. The minimum Gasteiger partial charge on any atom is -0.477 e. The summed E-state index contributed by atoms with van der Waals surface area (Å²) in [4.78, 5) is 13.3. The van der Waals surface area contributed by atoms with Crippen LogP contribution in [0.25, 0.3) is 11.1 Å². The summed E-state index contributed by atoms with van der Waals surface area (Å²) in [6.45, 7) is 8.39. The standard InChI is InChI=1S/C19H23N5O2/c1-10-18(11(2)24(5)23-10)16-7-20-12(3)21-19(16)26-8-14-6-15(14)17-9-25-13(4)22-17/h7,9,14-15H,6,8H2,1-5H3. The average molecular weight is 353 g/mol. The molecule has 26 heavy (non-hydrogen) atoms. The Morgan fingerprint density at radius 3 is 2.69 bits per heavy atom. The second-order valence-corrected chi connectivity index (χ2v) is 7.01. The van der Waals surface area contributed by atoms with Gasteiger partial charge in [0.1, 0.15) is 12.1 Å². The second kappa shape index (κ2) is 6.23. The Hall–Kier alpha value is -2.70. The van der Waals surface area contributed by atoms with Gasteiger partial charge in [0.25, 0.3) is 0 Å². The van der Waals surface area contributed by atoms with Gasteiger partial charge in [0.2, 0.25) is 5.88 Å². The smallest absolute Gasteiger partial charge is 0.224 e. The van der Waals surface area contributed by atoms with E-state index in [-0.39, 0.29) is 0 Å². The predicted molar refractivity (Wildman–Crippen MR) is 96.0 cm³/mol. The highest BCUT2D eigenvalue weighted by Crippen LogP contribution is 2.47. The molecule has 1 aliphatic rings. The van der Waals surface area contributed by atoms with Crippen molar-refractivity contribution in [2.24, 2.45) is 13.0 Å². The lowest BCUT2D eigenvalue weighted by molar-refractivity contribution is 0.285. The van der Waals surface area contributed by atoms with Gasteiger partial charge < -0.3 is 9.15 Å². The third-order valence-corrected chi connectivity index (χ3v) is 5.03. The zero-order valence-corrected chi connectivity index (χ0v) is 15.8. The highest BCUT2D eigenvalue weighted by molar-refractivity contribution is 5.72. The van der Waals surface area contributed by atoms with E-state index in [1.807, 2.05) is 45.6 Å². The predicted octanol–water partition coefficient (Wildman–Crippen LogP) is 3.28. The van der Waals surface area contributed by atoms with Crippen LogP contribution < -0.4 is 4.74 Å². The van der Waals surface area contributed by atoms with Crippen molar-refractivity contribution in [1.82, 2.24) is 24.7 Å². The summed E-state index contributed by atoms with van der Waals surface area (Å²) >= 11 is 0. The molecular formula is C19H23N5O2. The third kappa shape index (κ3) is 2.98. The Labute approximate surface area is 152 Å². The van der Waals surface area contributed by atoms with Crippen molar-refractivity contribution in [1.29, 1.82) is 0 Å². The molecule has 1 saturated carbocycles. The Bertz CT molecular complexity index is 959. The molecule has 3 heterocycles. The first-order valence-electron chi connectivity index (χ1n) is 8.83. The van der Waals surface area contributed by atoms with E-state index in [4.69, 9.17) is 9.15 Å². The van der Waals surface area contributed by atoms with Crippen LogP contribution in [0, 0.1) is 33.6 Å². The van der Waals surface area contributed by atoms with Crippen LogP contribution in [0.4, 0.5) is 0 Å². The summed E-state index contributed by atoms with van der Waals surface area (Å²) in [6, 6.07) is 0. The monoisotopic (exact) mass is 353 g/mol. The van der Waals surface area contributed by atoms with Gasteiger partial charge in [0.15, 0.2) is 5.89 Å². The van der Waals surface area contributed by atoms with E-state index in [0.717, 1.165) is 34.6 Å². The largest absolute Gasteiger partial charge is 0.477 e. The summed E-state index contributed by atoms with van der Waals surface area (Å²) in [7, 11) is 1.94. The minimum absolute atomic E-state index is 0.417. The minimum atomic E-state index is 0.417. The van der Waals surface area contributed by atoms with Crippen molar-refractivity contribution in [3.63, 3.8) is 0 Å². The highest BCUT2D eigenvalue weighted by atomic mass is 16.5. The van der Waals surface area contributed by atoms with Crippen LogP contribution in [0.15, 0.2) is 16.9 Å². The topological polar surface area (TPSA) is 78.9 Å². The maximum Gasteiger partial charge on any atom is 0.224 e. The molecule has 0 saturated heterocycles. The number of nitrogens with zero attached hydrogens (tertiary/aromatic N) is 5. The first-order valence-corrected chi connectivity index (χ1v) is 8.83. The zero-order valence-electron chi connectivity index (χ0n) is 15.8. The molecule has 3 aromatic heterocycles. The van der Waals surface area contributed by atoms with E-state index in [2.05, 4.69) is 20.1 Å². The van der Waals surface area contributed by atoms with Gasteiger partial charge in [-0.2, -0.15) is 10.1 Å². The maximum atomic E-state index is 6.13. The SMILES string of the molecule is Cc1ncc(-c2c(C)nn(C)c2C)c(OCC2CC2c2coc(C)n2)n1. The summed E-state index contributed by atoms with van der Waals surface area (Å²) in [5.74, 6) is 2.89. The molecule has 2 atom stereocenters. The number of hydrogen-bond donors (Lipinski definition) is 0. The van der Waals surface area contributed by atoms with Crippen LogP contribution in [0.1, 0.15) is 41.1 Å². The molecule has 0 bridgehead atoms. The number of aryl methyl sites for hydroxylation is 4.